The molecule has 0 atom stereocenters. The van der Waals surface area contributed by atoms with Crippen LogP contribution < -0.4 is 0 Å². The molecule has 70 valence electrons. The van der Waals surface area contributed by atoms with Crippen LogP contribution in [0.1, 0.15) is 12.8 Å². The van der Waals surface area contributed by atoms with Gasteiger partial charge in [0.25, 0.3) is 0 Å². The van der Waals surface area contributed by atoms with Crippen molar-refractivity contribution in [2.75, 3.05) is 0 Å². The maximum Gasteiger partial charge on any atom is 0.307 e. The topological polar surface area (TPSA) is 0 Å². The quantitative estimate of drug-likeness (QED) is 0.464. The van der Waals surface area contributed by atoms with Gasteiger partial charge in [0.2, 0.25) is 5.83 Å². The lowest BCUT2D eigenvalue weighted by Crippen LogP contribution is -2.16. The van der Waals surface area contributed by atoms with Gasteiger partial charge in [-0.1, -0.05) is 6.08 Å². The van der Waals surface area contributed by atoms with E-state index in [9.17, 15) is 22.0 Å². The van der Waals surface area contributed by atoms with Gasteiger partial charge in [0, 0.05) is 6.42 Å². The van der Waals surface area contributed by atoms with Gasteiger partial charge in [0.05, 0.1) is 0 Å². The minimum atomic E-state index is -4.08. The van der Waals surface area contributed by atoms with E-state index in [2.05, 4.69) is 6.58 Å². The van der Waals surface area contributed by atoms with E-state index in [-0.39, 0.29) is 6.42 Å². The zero-order chi connectivity index (χ0) is 9.78. The summed E-state index contributed by atoms with van der Waals surface area (Å²) < 4.78 is 59.3. The Morgan fingerprint density at radius 3 is 2.08 bits per heavy atom. The first-order chi connectivity index (χ1) is 5.41. The van der Waals surface area contributed by atoms with Crippen LogP contribution in [0.3, 0.4) is 0 Å². The summed E-state index contributed by atoms with van der Waals surface area (Å²) in [5, 5.41) is 0. The molecule has 0 aliphatic heterocycles. The molecule has 0 fully saturated rings. The molecule has 0 aromatic heterocycles. The first-order valence-electron chi connectivity index (χ1n) is 3.11. The van der Waals surface area contributed by atoms with Crippen molar-refractivity contribution in [3.8, 4) is 0 Å². The van der Waals surface area contributed by atoms with Gasteiger partial charge in [0.1, 0.15) is 0 Å². The van der Waals surface area contributed by atoms with Crippen molar-refractivity contribution in [3.05, 3.63) is 24.6 Å². The highest BCUT2D eigenvalue weighted by molar-refractivity contribution is 5.04. The summed E-state index contributed by atoms with van der Waals surface area (Å²) in [6.07, 6.45) is -3.06. The Balaban J connectivity index is 4.39. The lowest BCUT2D eigenvalue weighted by atomic mass is 10.1. The molecule has 0 N–H and O–H groups in total. The highest BCUT2D eigenvalue weighted by Crippen LogP contribution is 2.33. The first kappa shape index (κ1) is 11.1. The second-order valence-corrected chi connectivity index (χ2v) is 2.11. The van der Waals surface area contributed by atoms with Crippen molar-refractivity contribution in [1.82, 2.24) is 0 Å². The van der Waals surface area contributed by atoms with Crippen LogP contribution in [0, 0.1) is 0 Å². The summed E-state index contributed by atoms with van der Waals surface area (Å²) in [6, 6.07) is 0. The molecule has 0 aromatic rings. The molecule has 0 saturated carbocycles. The Hall–Kier alpha value is -0.870. The number of halogens is 5. The molecule has 0 aliphatic carbocycles. The maximum atomic E-state index is 12.3. The smallest absolute Gasteiger partial charge is 0.199 e. The van der Waals surface area contributed by atoms with Crippen LogP contribution in [0.4, 0.5) is 22.0 Å². The van der Waals surface area contributed by atoms with Crippen LogP contribution in [-0.2, 0) is 0 Å². The molecule has 0 spiro atoms. The highest BCUT2D eigenvalue weighted by atomic mass is 19.3. The van der Waals surface area contributed by atoms with Crippen molar-refractivity contribution in [2.45, 2.75) is 18.8 Å². The van der Waals surface area contributed by atoms with Gasteiger partial charge in [-0.15, -0.1) is 6.58 Å². The van der Waals surface area contributed by atoms with Crippen LogP contribution >= 0.6 is 0 Å². The molecule has 0 heterocycles. The largest absolute Gasteiger partial charge is 0.307 e. The predicted molar refractivity (Wildman–Crippen MR) is 34.7 cm³/mol. The van der Waals surface area contributed by atoms with Crippen molar-refractivity contribution < 1.29 is 22.0 Å². The summed E-state index contributed by atoms with van der Waals surface area (Å²) in [7, 11) is 0. The third-order valence-corrected chi connectivity index (χ3v) is 1.15. The standard InChI is InChI=1S/C7H7F5/c1-2-3-4-7(11,12)5(8)6(9)10/h2H,1,3-4H2. The van der Waals surface area contributed by atoms with Gasteiger partial charge >= 0.3 is 12.0 Å². The van der Waals surface area contributed by atoms with Crippen molar-refractivity contribution in [1.29, 1.82) is 0 Å². The third kappa shape index (κ3) is 3.02. The fourth-order valence-electron chi connectivity index (χ4n) is 0.531. The average molecular weight is 186 g/mol. The number of allylic oxidation sites excluding steroid dienone is 2. The first-order valence-corrected chi connectivity index (χ1v) is 3.11. The van der Waals surface area contributed by atoms with E-state index in [1.54, 1.807) is 0 Å². The molecule has 0 aliphatic rings. The lowest BCUT2D eigenvalue weighted by molar-refractivity contribution is 0.00338. The second kappa shape index (κ2) is 4.23. The molecule has 5 heteroatoms. The van der Waals surface area contributed by atoms with Crippen LogP contribution in [0.5, 0.6) is 0 Å². The molecular weight excluding hydrogens is 179 g/mol. The van der Waals surface area contributed by atoms with Gasteiger partial charge in [-0.05, 0) is 6.42 Å². The van der Waals surface area contributed by atoms with Gasteiger partial charge < -0.3 is 0 Å². The highest BCUT2D eigenvalue weighted by Gasteiger charge is 2.37. The Kier molecular flexibility index (Phi) is 3.92. The van der Waals surface area contributed by atoms with Crippen LogP contribution in [0.15, 0.2) is 24.6 Å². The molecule has 0 aromatic carbocycles. The van der Waals surface area contributed by atoms with Gasteiger partial charge in [-0.2, -0.15) is 22.0 Å². The van der Waals surface area contributed by atoms with Gasteiger partial charge in [-0.3, -0.25) is 0 Å². The Labute approximate surface area is 66.4 Å². The van der Waals surface area contributed by atoms with Crippen molar-refractivity contribution in [2.24, 2.45) is 0 Å². The van der Waals surface area contributed by atoms with E-state index in [4.69, 9.17) is 0 Å². The summed E-state index contributed by atoms with van der Waals surface area (Å²) in [5.74, 6) is -6.73. The number of hydrogen-bond acceptors (Lipinski definition) is 0. The van der Waals surface area contributed by atoms with E-state index in [0.717, 1.165) is 6.08 Å². The molecular formula is C7H7F5. The summed E-state index contributed by atoms with van der Waals surface area (Å²) >= 11 is 0. The van der Waals surface area contributed by atoms with E-state index in [0.29, 0.717) is 0 Å². The van der Waals surface area contributed by atoms with E-state index in [1.807, 2.05) is 0 Å². The lowest BCUT2D eigenvalue weighted by Gasteiger charge is -2.11. The summed E-state index contributed by atoms with van der Waals surface area (Å²) in [4.78, 5) is 0. The minimum absolute atomic E-state index is 0.215. The third-order valence-electron chi connectivity index (χ3n) is 1.15. The zero-order valence-electron chi connectivity index (χ0n) is 6.09. The van der Waals surface area contributed by atoms with Crippen LogP contribution in [0.25, 0.3) is 0 Å². The molecule has 0 nitrogen and oxygen atoms in total. The number of rotatable bonds is 4. The molecule has 0 radical (unpaired) electrons. The summed E-state index contributed by atoms with van der Waals surface area (Å²) in [6.45, 7) is 3.11. The number of hydrogen-bond donors (Lipinski definition) is 0. The van der Waals surface area contributed by atoms with E-state index in [1.165, 1.54) is 0 Å². The predicted octanol–water partition coefficient (Wildman–Crippen LogP) is 3.67. The van der Waals surface area contributed by atoms with Gasteiger partial charge in [-0.25, -0.2) is 0 Å². The average Bonchev–Trinajstić information content (AvgIpc) is 1.99. The SMILES string of the molecule is C=CCCC(F)(F)C(F)=C(F)F. The molecule has 0 unspecified atom stereocenters. The number of alkyl halides is 2. The van der Waals surface area contributed by atoms with Crippen molar-refractivity contribution >= 4 is 0 Å². The monoisotopic (exact) mass is 186 g/mol. The fourth-order valence-corrected chi connectivity index (χ4v) is 0.531. The minimum Gasteiger partial charge on any atom is -0.199 e. The van der Waals surface area contributed by atoms with Crippen LogP contribution in [0.2, 0.25) is 0 Å². The molecule has 0 saturated heterocycles. The zero-order valence-corrected chi connectivity index (χ0v) is 6.09. The van der Waals surface area contributed by atoms with E-state index < -0.39 is 24.3 Å². The second-order valence-electron chi connectivity index (χ2n) is 2.11. The maximum absolute atomic E-state index is 12.3. The molecule has 12 heavy (non-hydrogen) atoms. The Bertz CT molecular complexity index is 190. The van der Waals surface area contributed by atoms with E-state index >= 15 is 0 Å². The Morgan fingerprint density at radius 2 is 1.75 bits per heavy atom. The summed E-state index contributed by atoms with van der Waals surface area (Å²) in [5.41, 5.74) is 0. The molecule has 0 bridgehead atoms. The molecule has 0 rings (SSSR count). The molecule has 0 amide bonds. The Morgan fingerprint density at radius 1 is 1.25 bits per heavy atom. The fraction of sp³-hybridized carbons (Fsp3) is 0.429. The normalized spacial score (nSPS) is 11.1. The van der Waals surface area contributed by atoms with Crippen molar-refractivity contribution in [3.63, 3.8) is 0 Å². The van der Waals surface area contributed by atoms with Crippen LogP contribution in [-0.4, -0.2) is 5.92 Å². The van der Waals surface area contributed by atoms with Gasteiger partial charge in [0.15, 0.2) is 0 Å².